The first kappa shape index (κ1) is 11.2. The van der Waals surface area contributed by atoms with Gasteiger partial charge < -0.3 is 10.8 Å². The third-order valence-corrected chi connectivity index (χ3v) is 1.17. The van der Waals surface area contributed by atoms with Gasteiger partial charge in [-0.15, -0.1) is 0 Å². The molecule has 0 spiro atoms. The topological polar surface area (TPSA) is 99.5 Å². The van der Waals surface area contributed by atoms with E-state index in [0.717, 1.165) is 6.08 Å². The minimum atomic E-state index is -1.21. The lowest BCUT2D eigenvalue weighted by molar-refractivity contribution is -0.132. The maximum Gasteiger partial charge on any atom is 0.351 e. The average Bonchev–Trinajstić information content (AvgIpc) is 2.04. The normalized spacial score (nSPS) is 12.8. The molecule has 0 aromatic heterocycles. The van der Waals surface area contributed by atoms with Crippen LogP contribution in [-0.4, -0.2) is 22.8 Å². The third kappa shape index (κ3) is 4.58. The molecule has 0 aliphatic rings. The van der Waals surface area contributed by atoms with E-state index < -0.39 is 11.5 Å². The number of hydrogen-bond donors (Lipinski definition) is 2. The van der Waals surface area contributed by atoms with E-state index in [2.05, 4.69) is 4.99 Å². The van der Waals surface area contributed by atoms with Crippen LogP contribution in [0.25, 0.3) is 0 Å². The van der Waals surface area contributed by atoms with Crippen molar-refractivity contribution in [3.8, 4) is 6.07 Å². The largest absolute Gasteiger partial charge is 0.477 e. The van der Waals surface area contributed by atoms with E-state index in [1.165, 1.54) is 6.21 Å². The van der Waals surface area contributed by atoms with Crippen molar-refractivity contribution >= 4 is 12.2 Å². The molecule has 0 saturated carbocycles. The highest BCUT2D eigenvalue weighted by molar-refractivity contribution is 5.91. The maximum absolute atomic E-state index is 10.2. The van der Waals surface area contributed by atoms with Crippen molar-refractivity contribution in [3.63, 3.8) is 0 Å². The molecule has 0 aromatic rings. The summed E-state index contributed by atoms with van der Waals surface area (Å²) in [6.45, 7) is 3.21. The van der Waals surface area contributed by atoms with Gasteiger partial charge in [0.1, 0.15) is 11.2 Å². The fourth-order valence-corrected chi connectivity index (χ4v) is 0.404. The average molecular weight is 181 g/mol. The van der Waals surface area contributed by atoms with Gasteiger partial charge in [0.15, 0.2) is 0 Å². The molecule has 0 amide bonds. The number of aliphatic imine (C=N–C) groups is 1. The van der Waals surface area contributed by atoms with Crippen LogP contribution >= 0.6 is 0 Å². The molecule has 0 heterocycles. The van der Waals surface area contributed by atoms with E-state index in [1.807, 2.05) is 6.07 Å². The summed E-state index contributed by atoms with van der Waals surface area (Å²) in [6, 6.07) is 1.93. The summed E-state index contributed by atoms with van der Waals surface area (Å²) < 4.78 is 0. The van der Waals surface area contributed by atoms with Crippen molar-refractivity contribution in [2.45, 2.75) is 19.4 Å². The molecule has 3 N–H and O–H groups in total. The summed E-state index contributed by atoms with van der Waals surface area (Å²) in [4.78, 5) is 14.0. The Morgan fingerprint density at radius 1 is 1.69 bits per heavy atom. The lowest BCUT2D eigenvalue weighted by Crippen LogP contribution is -2.13. The molecular weight excluding hydrogens is 170 g/mol. The second-order valence-electron chi connectivity index (χ2n) is 2.88. The van der Waals surface area contributed by atoms with Crippen LogP contribution in [0.5, 0.6) is 0 Å². The minimum Gasteiger partial charge on any atom is -0.477 e. The van der Waals surface area contributed by atoms with Gasteiger partial charge in [-0.05, 0) is 19.9 Å². The number of nitrogens with two attached hydrogens (primary N) is 1. The van der Waals surface area contributed by atoms with Crippen LogP contribution in [0.2, 0.25) is 0 Å². The van der Waals surface area contributed by atoms with Gasteiger partial charge in [-0.25, -0.2) is 4.79 Å². The smallest absolute Gasteiger partial charge is 0.351 e. The predicted octanol–water partition coefficient (Wildman–Crippen LogP) is 0.287. The molecule has 0 aliphatic carbocycles. The zero-order chi connectivity index (χ0) is 10.5. The molecule has 5 nitrogen and oxygen atoms in total. The number of allylic oxidation sites excluding steroid dienone is 1. The molecule has 0 bridgehead atoms. The summed E-state index contributed by atoms with van der Waals surface area (Å²) >= 11 is 0. The van der Waals surface area contributed by atoms with Crippen LogP contribution in [-0.2, 0) is 4.79 Å². The fraction of sp³-hybridized carbons (Fsp3) is 0.375. The fourth-order valence-electron chi connectivity index (χ4n) is 0.404. The lowest BCUT2D eigenvalue weighted by atomic mass is 10.1. The Balaban J connectivity index is 4.42. The number of carboxylic acids is 1. The van der Waals surface area contributed by atoms with Gasteiger partial charge in [0.2, 0.25) is 0 Å². The van der Waals surface area contributed by atoms with E-state index in [9.17, 15) is 4.79 Å². The van der Waals surface area contributed by atoms with Crippen molar-refractivity contribution in [1.82, 2.24) is 0 Å². The van der Waals surface area contributed by atoms with E-state index in [-0.39, 0.29) is 5.70 Å². The highest BCUT2D eigenvalue weighted by atomic mass is 16.4. The molecule has 70 valence electrons. The second-order valence-corrected chi connectivity index (χ2v) is 2.88. The van der Waals surface area contributed by atoms with Gasteiger partial charge in [-0.1, -0.05) is 0 Å². The van der Waals surface area contributed by atoms with Crippen LogP contribution in [0.4, 0.5) is 0 Å². The molecule has 0 fully saturated rings. The number of nitrogens with zero attached hydrogens (tertiary/aromatic N) is 2. The van der Waals surface area contributed by atoms with Crippen molar-refractivity contribution in [1.29, 1.82) is 5.26 Å². The number of carboxylic acid groups (broad SMARTS) is 1. The quantitative estimate of drug-likeness (QED) is 0.482. The van der Waals surface area contributed by atoms with Gasteiger partial charge in [-0.3, -0.25) is 4.99 Å². The Kier molecular flexibility index (Phi) is 3.66. The van der Waals surface area contributed by atoms with Gasteiger partial charge in [0.25, 0.3) is 0 Å². The Morgan fingerprint density at radius 2 is 2.23 bits per heavy atom. The zero-order valence-electron chi connectivity index (χ0n) is 7.48. The van der Waals surface area contributed by atoms with Crippen molar-refractivity contribution in [2.75, 3.05) is 0 Å². The minimum absolute atomic E-state index is 0.308. The Labute approximate surface area is 76.2 Å². The van der Waals surface area contributed by atoms with Crippen LogP contribution in [0, 0.1) is 11.3 Å². The highest BCUT2D eigenvalue weighted by Crippen LogP contribution is 2.04. The summed E-state index contributed by atoms with van der Waals surface area (Å²) in [6.07, 6.45) is 2.36. The van der Waals surface area contributed by atoms with Crippen molar-refractivity contribution in [3.05, 3.63) is 11.8 Å². The first-order valence-corrected chi connectivity index (χ1v) is 3.54. The zero-order valence-corrected chi connectivity index (χ0v) is 7.48. The molecule has 13 heavy (non-hydrogen) atoms. The summed E-state index contributed by atoms with van der Waals surface area (Å²) in [5.41, 5.74) is 3.91. The Bertz CT molecular complexity index is 297. The standard InChI is InChI=1S/C8H11N3O2/c1-8(2,5-9)11-4-3-6(10)7(12)13/h3-4H,10H2,1-2H3,(H,12,13)/b6-3-,11-4?. The number of aliphatic carboxylic acids is 1. The van der Waals surface area contributed by atoms with Crippen molar-refractivity contribution in [2.24, 2.45) is 10.7 Å². The molecule has 0 radical (unpaired) electrons. The molecule has 0 rings (SSSR count). The molecule has 0 aromatic carbocycles. The first-order valence-electron chi connectivity index (χ1n) is 3.54. The molecule has 0 aliphatic heterocycles. The number of nitriles is 1. The monoisotopic (exact) mass is 181 g/mol. The molecule has 0 unspecified atom stereocenters. The van der Waals surface area contributed by atoms with Crippen molar-refractivity contribution < 1.29 is 9.90 Å². The molecule has 0 atom stereocenters. The van der Waals surface area contributed by atoms with E-state index in [0.29, 0.717) is 0 Å². The van der Waals surface area contributed by atoms with Gasteiger partial charge >= 0.3 is 5.97 Å². The number of carbonyl (C=O) groups is 1. The van der Waals surface area contributed by atoms with E-state index in [1.54, 1.807) is 13.8 Å². The van der Waals surface area contributed by atoms with Gasteiger partial charge in [-0.2, -0.15) is 5.26 Å². The second kappa shape index (κ2) is 4.26. The Hall–Kier alpha value is -1.83. The van der Waals surface area contributed by atoms with Crippen LogP contribution in [0.3, 0.4) is 0 Å². The highest BCUT2D eigenvalue weighted by Gasteiger charge is 2.11. The molecular formula is C8H11N3O2. The summed E-state index contributed by atoms with van der Waals surface area (Å²) in [5.74, 6) is -1.21. The van der Waals surface area contributed by atoms with E-state index in [4.69, 9.17) is 16.1 Å². The third-order valence-electron chi connectivity index (χ3n) is 1.17. The number of hydrogen-bond acceptors (Lipinski definition) is 4. The predicted molar refractivity (Wildman–Crippen MR) is 48.1 cm³/mol. The molecule has 0 saturated heterocycles. The number of rotatable bonds is 3. The lowest BCUT2D eigenvalue weighted by Gasteiger charge is -2.05. The summed E-state index contributed by atoms with van der Waals surface area (Å²) in [7, 11) is 0. The van der Waals surface area contributed by atoms with Gasteiger partial charge in [0, 0.05) is 6.21 Å². The van der Waals surface area contributed by atoms with Crippen LogP contribution in [0.1, 0.15) is 13.8 Å². The van der Waals surface area contributed by atoms with Crippen LogP contribution < -0.4 is 5.73 Å². The SMILES string of the molecule is CC(C)(C#N)N=C/C=C(\N)C(=O)O. The maximum atomic E-state index is 10.2. The summed E-state index contributed by atoms with van der Waals surface area (Å²) in [5, 5.41) is 16.9. The Morgan fingerprint density at radius 3 is 2.62 bits per heavy atom. The molecule has 5 heteroatoms. The van der Waals surface area contributed by atoms with E-state index >= 15 is 0 Å². The van der Waals surface area contributed by atoms with Gasteiger partial charge in [0.05, 0.1) is 6.07 Å². The first-order chi connectivity index (χ1) is 5.89. The van der Waals surface area contributed by atoms with Crippen LogP contribution in [0.15, 0.2) is 16.8 Å².